The molecule has 1 aliphatic heterocycles. The number of rotatable bonds is 7. The Morgan fingerprint density at radius 2 is 2.07 bits per heavy atom. The first-order valence-corrected chi connectivity index (χ1v) is 10.7. The summed E-state index contributed by atoms with van der Waals surface area (Å²) in [5.74, 6) is 0.171. The molecule has 1 N–H and O–H groups in total. The summed E-state index contributed by atoms with van der Waals surface area (Å²) in [6.45, 7) is 5.70. The molecular formula is C23H31FN4O2. The molecule has 30 heavy (non-hydrogen) atoms. The fourth-order valence-corrected chi connectivity index (χ4v) is 3.88. The van der Waals surface area contributed by atoms with E-state index in [0.717, 1.165) is 31.5 Å². The van der Waals surface area contributed by atoms with Crippen LogP contribution in [0.1, 0.15) is 67.2 Å². The number of nitrogens with zero attached hydrogens (tertiary/aromatic N) is 3. The monoisotopic (exact) mass is 414 g/mol. The molecule has 0 saturated carbocycles. The van der Waals surface area contributed by atoms with Gasteiger partial charge in [-0.1, -0.05) is 32.0 Å². The van der Waals surface area contributed by atoms with E-state index in [1.54, 1.807) is 29.9 Å². The molecule has 1 aromatic heterocycles. The van der Waals surface area contributed by atoms with Crippen molar-refractivity contribution in [3.63, 3.8) is 0 Å². The molecule has 1 aromatic carbocycles. The first kappa shape index (κ1) is 22.0. The first-order chi connectivity index (χ1) is 14.3. The Hall–Kier alpha value is -2.70. The van der Waals surface area contributed by atoms with E-state index in [1.807, 2.05) is 11.0 Å². The minimum atomic E-state index is -0.310. The number of amides is 2. The van der Waals surface area contributed by atoms with Gasteiger partial charge in [0.25, 0.3) is 5.91 Å². The van der Waals surface area contributed by atoms with E-state index in [0.29, 0.717) is 30.1 Å². The maximum atomic E-state index is 13.7. The average Bonchev–Trinajstić information content (AvgIpc) is 3.13. The number of aromatic nitrogens is 2. The molecule has 2 amide bonds. The number of aryl methyl sites for hydroxylation is 1. The molecule has 1 atom stereocenters. The predicted molar refractivity (Wildman–Crippen MR) is 113 cm³/mol. The van der Waals surface area contributed by atoms with Crippen molar-refractivity contribution < 1.29 is 14.0 Å². The van der Waals surface area contributed by atoms with Crippen LogP contribution < -0.4 is 5.32 Å². The van der Waals surface area contributed by atoms with E-state index in [9.17, 15) is 14.0 Å². The number of nitrogens with one attached hydrogen (secondary N) is 1. The normalized spacial score (nSPS) is 16.7. The summed E-state index contributed by atoms with van der Waals surface area (Å²) < 4.78 is 15.3. The standard InChI is InChI=1S/C23H31FN4O2/c1-16(2)20-13-21(27(3)26-20)23(30)28-12-6-7-17(15-28)10-11-22(29)25-14-18-8-4-5-9-19(18)24/h4-5,8-9,13,16-17H,6-7,10-12,14-15H2,1-3H3,(H,25,29)/t17-/m1/s1. The van der Waals surface area contributed by atoms with Gasteiger partial charge in [-0.2, -0.15) is 5.10 Å². The van der Waals surface area contributed by atoms with Crippen molar-refractivity contribution >= 4 is 11.8 Å². The van der Waals surface area contributed by atoms with Crippen molar-refractivity contribution in [3.05, 3.63) is 53.1 Å². The fraction of sp³-hybridized carbons (Fsp3) is 0.522. The highest BCUT2D eigenvalue weighted by Gasteiger charge is 2.27. The van der Waals surface area contributed by atoms with Crippen molar-refractivity contribution in [1.29, 1.82) is 0 Å². The van der Waals surface area contributed by atoms with Crippen LogP contribution in [-0.2, 0) is 18.4 Å². The van der Waals surface area contributed by atoms with Gasteiger partial charge in [-0.05, 0) is 43.2 Å². The van der Waals surface area contributed by atoms with Gasteiger partial charge in [0.05, 0.1) is 5.69 Å². The summed E-state index contributed by atoms with van der Waals surface area (Å²) in [5, 5.41) is 7.23. The van der Waals surface area contributed by atoms with Crippen molar-refractivity contribution in [1.82, 2.24) is 20.0 Å². The zero-order chi connectivity index (χ0) is 21.7. The largest absolute Gasteiger partial charge is 0.352 e. The zero-order valence-corrected chi connectivity index (χ0v) is 18.0. The third-order valence-corrected chi connectivity index (χ3v) is 5.73. The Balaban J connectivity index is 1.49. The molecule has 2 heterocycles. The molecule has 7 heteroatoms. The highest BCUT2D eigenvalue weighted by molar-refractivity contribution is 5.92. The minimum absolute atomic E-state index is 0.00519. The number of carbonyl (C=O) groups is 2. The average molecular weight is 415 g/mol. The quantitative estimate of drug-likeness (QED) is 0.752. The molecule has 0 spiro atoms. The number of hydrogen-bond donors (Lipinski definition) is 1. The summed E-state index contributed by atoms with van der Waals surface area (Å²) in [6, 6.07) is 8.33. The topological polar surface area (TPSA) is 67.2 Å². The van der Waals surface area contributed by atoms with Crippen molar-refractivity contribution in [3.8, 4) is 0 Å². The van der Waals surface area contributed by atoms with Gasteiger partial charge in [-0.15, -0.1) is 0 Å². The molecule has 1 fully saturated rings. The highest BCUT2D eigenvalue weighted by Crippen LogP contribution is 2.23. The van der Waals surface area contributed by atoms with Gasteiger partial charge in [0.2, 0.25) is 5.91 Å². The van der Waals surface area contributed by atoms with Gasteiger partial charge in [-0.3, -0.25) is 14.3 Å². The lowest BCUT2D eigenvalue weighted by molar-refractivity contribution is -0.121. The Labute approximate surface area is 177 Å². The van der Waals surface area contributed by atoms with Crippen LogP contribution in [-0.4, -0.2) is 39.6 Å². The summed E-state index contributed by atoms with van der Waals surface area (Å²) in [6.07, 6.45) is 3.04. The second-order valence-electron chi connectivity index (χ2n) is 8.40. The van der Waals surface area contributed by atoms with Crippen LogP contribution in [0.3, 0.4) is 0 Å². The second-order valence-corrected chi connectivity index (χ2v) is 8.40. The molecule has 2 aromatic rings. The molecular weight excluding hydrogens is 383 g/mol. The third kappa shape index (κ3) is 5.46. The Morgan fingerprint density at radius 3 is 2.77 bits per heavy atom. The first-order valence-electron chi connectivity index (χ1n) is 10.7. The number of benzene rings is 1. The van der Waals surface area contributed by atoms with Crippen molar-refractivity contribution in [2.24, 2.45) is 13.0 Å². The number of piperidine rings is 1. The van der Waals surface area contributed by atoms with Gasteiger partial charge < -0.3 is 10.2 Å². The number of hydrogen-bond acceptors (Lipinski definition) is 3. The molecule has 0 radical (unpaired) electrons. The van der Waals surface area contributed by atoms with E-state index in [2.05, 4.69) is 24.3 Å². The number of carbonyl (C=O) groups excluding carboxylic acids is 2. The van der Waals surface area contributed by atoms with E-state index >= 15 is 0 Å². The van der Waals surface area contributed by atoms with Crippen LogP contribution in [0.5, 0.6) is 0 Å². The number of likely N-dealkylation sites (tertiary alicyclic amines) is 1. The smallest absolute Gasteiger partial charge is 0.272 e. The van der Waals surface area contributed by atoms with Gasteiger partial charge in [0.1, 0.15) is 11.5 Å². The lowest BCUT2D eigenvalue weighted by Gasteiger charge is -2.32. The number of halogens is 1. The molecule has 1 aliphatic rings. The van der Waals surface area contributed by atoms with E-state index in [4.69, 9.17) is 0 Å². The fourth-order valence-electron chi connectivity index (χ4n) is 3.88. The lowest BCUT2D eigenvalue weighted by atomic mass is 9.93. The van der Waals surface area contributed by atoms with E-state index < -0.39 is 0 Å². The van der Waals surface area contributed by atoms with Crippen molar-refractivity contribution in [2.75, 3.05) is 13.1 Å². The summed E-state index contributed by atoms with van der Waals surface area (Å²) in [4.78, 5) is 27.1. The van der Waals surface area contributed by atoms with E-state index in [-0.39, 0.29) is 30.1 Å². The lowest BCUT2D eigenvalue weighted by Crippen LogP contribution is -2.41. The highest BCUT2D eigenvalue weighted by atomic mass is 19.1. The summed E-state index contributed by atoms with van der Waals surface area (Å²) >= 11 is 0. The van der Waals surface area contributed by atoms with Crippen molar-refractivity contribution in [2.45, 2.75) is 52.0 Å². The van der Waals surface area contributed by atoms with E-state index in [1.165, 1.54) is 6.07 Å². The van der Waals surface area contributed by atoms with Crippen LogP contribution in [0.25, 0.3) is 0 Å². The van der Waals surface area contributed by atoms with Crippen LogP contribution in [0, 0.1) is 11.7 Å². The third-order valence-electron chi connectivity index (χ3n) is 5.73. The Kier molecular flexibility index (Phi) is 7.24. The molecule has 0 aliphatic carbocycles. The zero-order valence-electron chi connectivity index (χ0n) is 18.0. The SMILES string of the molecule is CC(C)c1cc(C(=O)N2CCC[C@H](CCC(=O)NCc3ccccc3F)C2)n(C)n1. The van der Waals surface area contributed by atoms with Gasteiger partial charge in [-0.25, -0.2) is 4.39 Å². The molecule has 6 nitrogen and oxygen atoms in total. The van der Waals surface area contributed by atoms with Gasteiger partial charge >= 0.3 is 0 Å². The minimum Gasteiger partial charge on any atom is -0.352 e. The molecule has 0 unspecified atom stereocenters. The maximum absolute atomic E-state index is 13.7. The summed E-state index contributed by atoms with van der Waals surface area (Å²) in [5.41, 5.74) is 2.01. The van der Waals surface area contributed by atoms with Crippen LogP contribution in [0.2, 0.25) is 0 Å². The maximum Gasteiger partial charge on any atom is 0.272 e. The molecule has 3 rings (SSSR count). The molecule has 0 bridgehead atoms. The second kappa shape index (κ2) is 9.87. The van der Waals surface area contributed by atoms with Gasteiger partial charge in [0, 0.05) is 38.7 Å². The van der Waals surface area contributed by atoms with Crippen LogP contribution >= 0.6 is 0 Å². The Bertz CT molecular complexity index is 893. The predicted octanol–water partition coefficient (Wildman–Crippen LogP) is 3.63. The Morgan fingerprint density at radius 1 is 1.30 bits per heavy atom. The van der Waals surface area contributed by atoms with Gasteiger partial charge in [0.15, 0.2) is 0 Å². The van der Waals surface area contributed by atoms with Crippen LogP contribution in [0.4, 0.5) is 4.39 Å². The van der Waals surface area contributed by atoms with Crippen LogP contribution in [0.15, 0.2) is 30.3 Å². The summed E-state index contributed by atoms with van der Waals surface area (Å²) in [7, 11) is 1.81. The molecule has 162 valence electrons. The molecule has 1 saturated heterocycles.